The Hall–Kier alpha value is -1.83. The molecule has 0 aromatic carbocycles. The topological polar surface area (TPSA) is 28.1 Å². The smallest absolute Gasteiger partial charge is 0.137 e. The van der Waals surface area contributed by atoms with Crippen molar-refractivity contribution in [1.29, 1.82) is 0 Å². The second-order valence-electron chi connectivity index (χ2n) is 3.31. The molecule has 0 amide bonds. The zero-order chi connectivity index (χ0) is 12.0. The van der Waals surface area contributed by atoms with Gasteiger partial charge in [-0.2, -0.15) is 0 Å². The fourth-order valence-electron chi connectivity index (χ4n) is 1.61. The molecule has 84 valence electrons. The van der Waals surface area contributed by atoms with Crippen molar-refractivity contribution in [3.8, 4) is 0 Å². The minimum absolute atomic E-state index is 0.878. The molecule has 1 aromatic heterocycles. The van der Waals surface area contributed by atoms with Crippen LogP contribution < -0.4 is 0 Å². The first kappa shape index (κ1) is 12.2. The van der Waals surface area contributed by atoms with Crippen LogP contribution in [0.2, 0.25) is 0 Å². The zero-order valence-electron chi connectivity index (χ0n) is 10.1. The van der Waals surface area contributed by atoms with Gasteiger partial charge in [0.1, 0.15) is 5.82 Å². The number of rotatable bonds is 4. The molecular formula is C14H18N2. The minimum atomic E-state index is 0.878. The first-order valence-electron chi connectivity index (χ1n) is 5.40. The van der Waals surface area contributed by atoms with Crippen molar-refractivity contribution in [3.63, 3.8) is 0 Å². The van der Waals surface area contributed by atoms with E-state index < -0.39 is 0 Å². The van der Waals surface area contributed by atoms with Crippen LogP contribution in [0.5, 0.6) is 0 Å². The molecule has 16 heavy (non-hydrogen) atoms. The van der Waals surface area contributed by atoms with Gasteiger partial charge in [-0.3, -0.25) is 0 Å². The van der Waals surface area contributed by atoms with E-state index in [2.05, 4.69) is 28.7 Å². The van der Waals surface area contributed by atoms with Crippen molar-refractivity contribution in [1.82, 2.24) is 4.98 Å². The predicted octanol–water partition coefficient (Wildman–Crippen LogP) is 4.45. The van der Waals surface area contributed by atoms with Crippen molar-refractivity contribution in [2.45, 2.75) is 20.8 Å². The van der Waals surface area contributed by atoms with Gasteiger partial charge in [0.05, 0.1) is 0 Å². The number of allylic oxidation sites excluding steroid dienone is 2. The number of aromatic amines is 1. The second-order valence-corrected chi connectivity index (χ2v) is 3.31. The lowest BCUT2D eigenvalue weighted by molar-refractivity contribution is 1.32. The van der Waals surface area contributed by atoms with Crippen molar-refractivity contribution in [2.24, 2.45) is 4.99 Å². The third-order valence-corrected chi connectivity index (χ3v) is 2.22. The molecule has 0 bridgehead atoms. The maximum Gasteiger partial charge on any atom is 0.137 e. The van der Waals surface area contributed by atoms with Crippen LogP contribution in [-0.2, 0) is 0 Å². The van der Waals surface area contributed by atoms with E-state index >= 15 is 0 Å². The van der Waals surface area contributed by atoms with E-state index in [1.807, 2.05) is 39.0 Å². The summed E-state index contributed by atoms with van der Waals surface area (Å²) in [6, 6.07) is 0. The normalized spacial score (nSPS) is 12.2. The van der Waals surface area contributed by atoms with E-state index in [1.165, 1.54) is 0 Å². The summed E-state index contributed by atoms with van der Waals surface area (Å²) in [5, 5.41) is 0. The predicted molar refractivity (Wildman–Crippen MR) is 74.1 cm³/mol. The number of aromatic nitrogens is 1. The Bertz CT molecular complexity index is 446. The van der Waals surface area contributed by atoms with Gasteiger partial charge in [-0.25, -0.2) is 4.99 Å². The molecule has 1 rings (SSSR count). The zero-order valence-corrected chi connectivity index (χ0v) is 10.1. The number of nitrogens with one attached hydrogen (secondary N) is 1. The standard InChI is InChI=1S/C14H18N2/c1-5-9-11-12(10-6-2)14(15-8-4)16-13(11)7-3/h5-10,16H,3H2,1-2,4H3/b9-5-,10-6-,15-8-. The summed E-state index contributed by atoms with van der Waals surface area (Å²) >= 11 is 0. The number of hydrogen-bond donors (Lipinski definition) is 1. The Balaban J connectivity index is 3.46. The van der Waals surface area contributed by atoms with Crippen LogP contribution in [0, 0.1) is 0 Å². The maximum atomic E-state index is 4.32. The summed E-state index contributed by atoms with van der Waals surface area (Å²) in [6.45, 7) is 9.71. The molecule has 0 aliphatic rings. The van der Waals surface area contributed by atoms with E-state index in [9.17, 15) is 0 Å². The van der Waals surface area contributed by atoms with E-state index in [0.717, 1.165) is 22.6 Å². The summed E-state index contributed by atoms with van der Waals surface area (Å²) in [5.41, 5.74) is 3.25. The molecule has 1 N–H and O–H groups in total. The first-order chi connectivity index (χ1) is 7.78. The number of hydrogen-bond acceptors (Lipinski definition) is 1. The highest BCUT2D eigenvalue weighted by atomic mass is 14.9. The Kier molecular flexibility index (Phi) is 4.52. The van der Waals surface area contributed by atoms with Crippen molar-refractivity contribution < 1.29 is 0 Å². The fourth-order valence-corrected chi connectivity index (χ4v) is 1.61. The molecule has 1 aromatic rings. The van der Waals surface area contributed by atoms with Gasteiger partial charge in [0.2, 0.25) is 0 Å². The highest BCUT2D eigenvalue weighted by molar-refractivity contribution is 5.80. The summed E-state index contributed by atoms with van der Waals surface area (Å²) in [6.07, 6.45) is 11.8. The lowest BCUT2D eigenvalue weighted by Gasteiger charge is -1.95. The van der Waals surface area contributed by atoms with E-state index in [-0.39, 0.29) is 0 Å². The molecule has 0 unspecified atom stereocenters. The van der Waals surface area contributed by atoms with E-state index in [0.29, 0.717) is 0 Å². The first-order valence-corrected chi connectivity index (χ1v) is 5.40. The molecule has 2 nitrogen and oxygen atoms in total. The van der Waals surface area contributed by atoms with Gasteiger partial charge >= 0.3 is 0 Å². The third kappa shape index (κ3) is 2.40. The second kappa shape index (κ2) is 5.91. The van der Waals surface area contributed by atoms with Crippen LogP contribution in [0.3, 0.4) is 0 Å². The lowest BCUT2D eigenvalue weighted by atomic mass is 10.1. The monoisotopic (exact) mass is 214 g/mol. The Morgan fingerprint density at radius 2 is 1.69 bits per heavy atom. The molecule has 0 saturated heterocycles. The van der Waals surface area contributed by atoms with Crippen molar-refractivity contribution in [2.75, 3.05) is 0 Å². The van der Waals surface area contributed by atoms with Gasteiger partial charge in [-0.1, -0.05) is 30.9 Å². The summed E-state index contributed by atoms with van der Waals surface area (Å²) < 4.78 is 0. The van der Waals surface area contributed by atoms with Gasteiger partial charge in [-0.05, 0) is 26.8 Å². The molecular weight excluding hydrogens is 196 g/mol. The third-order valence-electron chi connectivity index (χ3n) is 2.22. The van der Waals surface area contributed by atoms with Gasteiger partial charge in [0.25, 0.3) is 0 Å². The van der Waals surface area contributed by atoms with Gasteiger partial charge in [-0.15, -0.1) is 0 Å². The molecule has 0 aliphatic heterocycles. The van der Waals surface area contributed by atoms with Crippen LogP contribution in [0.4, 0.5) is 5.82 Å². The number of aliphatic imine (C=N–C) groups is 1. The molecule has 2 heteroatoms. The van der Waals surface area contributed by atoms with Gasteiger partial charge in [0.15, 0.2) is 0 Å². The van der Waals surface area contributed by atoms with Crippen LogP contribution >= 0.6 is 0 Å². The number of H-pyrrole nitrogens is 1. The molecule has 0 spiro atoms. The van der Waals surface area contributed by atoms with Crippen molar-refractivity contribution in [3.05, 3.63) is 35.6 Å². The molecule has 0 fully saturated rings. The Labute approximate surface area is 97.1 Å². The fraction of sp³-hybridized carbons (Fsp3) is 0.214. The van der Waals surface area contributed by atoms with Crippen LogP contribution in [0.15, 0.2) is 23.7 Å². The molecule has 0 saturated carbocycles. The van der Waals surface area contributed by atoms with Crippen LogP contribution in [0.1, 0.15) is 37.6 Å². The number of nitrogens with zero attached hydrogens (tertiary/aromatic N) is 1. The maximum absolute atomic E-state index is 4.32. The highest BCUT2D eigenvalue weighted by Crippen LogP contribution is 2.29. The molecule has 0 aliphatic carbocycles. The van der Waals surface area contributed by atoms with Gasteiger partial charge in [0, 0.05) is 23.0 Å². The Morgan fingerprint density at radius 3 is 2.19 bits per heavy atom. The molecule has 0 radical (unpaired) electrons. The molecule has 1 heterocycles. The Morgan fingerprint density at radius 1 is 1.06 bits per heavy atom. The summed E-state index contributed by atoms with van der Waals surface area (Å²) in [5.74, 6) is 0.878. The van der Waals surface area contributed by atoms with Crippen LogP contribution in [-0.4, -0.2) is 11.2 Å². The largest absolute Gasteiger partial charge is 0.339 e. The summed E-state index contributed by atoms with van der Waals surface area (Å²) in [4.78, 5) is 7.58. The lowest BCUT2D eigenvalue weighted by Crippen LogP contribution is -1.76. The van der Waals surface area contributed by atoms with E-state index in [1.54, 1.807) is 6.21 Å². The summed E-state index contributed by atoms with van der Waals surface area (Å²) in [7, 11) is 0. The molecule has 0 atom stereocenters. The quantitative estimate of drug-likeness (QED) is 0.717. The minimum Gasteiger partial charge on any atom is -0.339 e. The van der Waals surface area contributed by atoms with Crippen LogP contribution in [0.25, 0.3) is 18.2 Å². The highest BCUT2D eigenvalue weighted by Gasteiger charge is 2.10. The van der Waals surface area contributed by atoms with Crippen molar-refractivity contribution >= 4 is 30.3 Å². The average Bonchev–Trinajstić information content (AvgIpc) is 2.60. The average molecular weight is 214 g/mol. The van der Waals surface area contributed by atoms with E-state index in [4.69, 9.17) is 0 Å². The van der Waals surface area contributed by atoms with Gasteiger partial charge < -0.3 is 4.98 Å². The SMILES string of the molecule is C=Cc1[nH]c(/N=C\C)c(/C=C\C)c1/C=C\C.